The van der Waals surface area contributed by atoms with Crippen LogP contribution >= 0.6 is 35.5 Å². The summed E-state index contributed by atoms with van der Waals surface area (Å²) in [5.74, 6) is 0.304. The van der Waals surface area contributed by atoms with Crippen molar-refractivity contribution in [2.45, 2.75) is 44.7 Å². The summed E-state index contributed by atoms with van der Waals surface area (Å²) in [7, 11) is 1.38. The van der Waals surface area contributed by atoms with Crippen LogP contribution in [0.1, 0.15) is 51.9 Å². The summed E-state index contributed by atoms with van der Waals surface area (Å²) in [6.45, 7) is 8.09. The van der Waals surface area contributed by atoms with Crippen molar-refractivity contribution in [2.24, 2.45) is 0 Å². The number of nitrogens with one attached hydrogen (secondary N) is 1. The van der Waals surface area contributed by atoms with Gasteiger partial charge in [-0.05, 0) is 43.7 Å². The van der Waals surface area contributed by atoms with E-state index in [0.29, 0.717) is 22.2 Å². The predicted molar refractivity (Wildman–Crippen MR) is 123 cm³/mol. The molecule has 0 bridgehead atoms. The van der Waals surface area contributed by atoms with E-state index in [0.717, 1.165) is 40.6 Å². The Bertz CT molecular complexity index is 883. The van der Waals surface area contributed by atoms with Gasteiger partial charge in [-0.3, -0.25) is 9.69 Å². The van der Waals surface area contributed by atoms with Crippen molar-refractivity contribution in [1.82, 2.24) is 4.90 Å². The zero-order chi connectivity index (χ0) is 20.3. The molecular weight excluding hydrogens is 428 g/mol. The first kappa shape index (κ1) is 23.7. The molecule has 1 amide bonds. The van der Waals surface area contributed by atoms with Gasteiger partial charge >= 0.3 is 5.97 Å². The molecule has 2 heterocycles. The molecular formula is C21H27ClN2O3S2. The number of hydrogen-bond donors (Lipinski definition) is 1. The summed E-state index contributed by atoms with van der Waals surface area (Å²) in [5, 5.41) is 3.58. The number of amides is 1. The minimum atomic E-state index is -0.387. The summed E-state index contributed by atoms with van der Waals surface area (Å²) in [6, 6.07) is 7.99. The molecule has 0 fully saturated rings. The highest BCUT2D eigenvalue weighted by Gasteiger charge is 2.30. The fourth-order valence-corrected chi connectivity index (χ4v) is 5.43. The number of halogens is 1. The molecule has 2 aromatic rings. The molecule has 0 atom stereocenters. The van der Waals surface area contributed by atoms with Gasteiger partial charge in [0, 0.05) is 28.9 Å². The van der Waals surface area contributed by atoms with E-state index in [4.69, 9.17) is 4.74 Å². The number of methoxy groups -OCH3 is 1. The lowest BCUT2D eigenvalue weighted by molar-refractivity contribution is 0.0600. The second-order valence-electron chi connectivity index (χ2n) is 6.90. The summed E-state index contributed by atoms with van der Waals surface area (Å²) in [5.41, 5.74) is 2.15. The number of esters is 1. The Kier molecular flexibility index (Phi) is 8.58. The monoisotopic (exact) mass is 454 g/mol. The molecule has 158 valence electrons. The van der Waals surface area contributed by atoms with Crippen molar-refractivity contribution in [3.8, 4) is 0 Å². The van der Waals surface area contributed by atoms with E-state index in [2.05, 4.69) is 31.0 Å². The van der Waals surface area contributed by atoms with E-state index in [1.165, 1.54) is 18.4 Å². The number of anilines is 1. The van der Waals surface area contributed by atoms with Gasteiger partial charge in [0.25, 0.3) is 5.91 Å². The average Bonchev–Trinajstić information content (AvgIpc) is 3.04. The largest absolute Gasteiger partial charge is 0.465 e. The second-order valence-corrected chi connectivity index (χ2v) is 9.31. The van der Waals surface area contributed by atoms with Gasteiger partial charge in [-0.2, -0.15) is 0 Å². The summed E-state index contributed by atoms with van der Waals surface area (Å²) >= 11 is 3.12. The minimum Gasteiger partial charge on any atom is -0.465 e. The van der Waals surface area contributed by atoms with Gasteiger partial charge in [0.1, 0.15) is 5.00 Å². The quantitative estimate of drug-likeness (QED) is 0.486. The maximum absolute atomic E-state index is 13.0. The number of carbonyl (C=O) groups excluding carboxylic acids is 2. The van der Waals surface area contributed by atoms with Crippen LogP contribution in [-0.2, 0) is 17.7 Å². The summed E-state index contributed by atoms with van der Waals surface area (Å²) in [4.78, 5) is 29.9. The summed E-state index contributed by atoms with van der Waals surface area (Å²) < 4.78 is 5.02. The number of nitrogens with zero attached hydrogens (tertiary/aromatic N) is 1. The molecule has 0 unspecified atom stereocenters. The third kappa shape index (κ3) is 5.15. The Morgan fingerprint density at radius 3 is 2.69 bits per heavy atom. The Balaban J connectivity index is 0.00000300. The van der Waals surface area contributed by atoms with Crippen molar-refractivity contribution in [2.75, 3.05) is 24.7 Å². The maximum atomic E-state index is 13.0. The first-order chi connectivity index (χ1) is 13.5. The first-order valence-electron chi connectivity index (χ1n) is 9.46. The molecule has 1 aromatic heterocycles. The highest BCUT2D eigenvalue weighted by atomic mass is 35.5. The Labute approximate surface area is 186 Å². The van der Waals surface area contributed by atoms with Crippen LogP contribution in [0, 0.1) is 0 Å². The van der Waals surface area contributed by atoms with Crippen molar-refractivity contribution < 1.29 is 14.3 Å². The molecule has 3 rings (SSSR count). The number of benzene rings is 1. The molecule has 29 heavy (non-hydrogen) atoms. The van der Waals surface area contributed by atoms with Crippen molar-refractivity contribution >= 4 is 52.4 Å². The highest BCUT2D eigenvalue weighted by molar-refractivity contribution is 7.99. The van der Waals surface area contributed by atoms with Crippen molar-refractivity contribution in [3.63, 3.8) is 0 Å². The van der Waals surface area contributed by atoms with Crippen LogP contribution in [0.15, 0.2) is 29.2 Å². The van der Waals surface area contributed by atoms with E-state index < -0.39 is 0 Å². The number of thioether (sulfide) groups is 1. The van der Waals surface area contributed by atoms with Gasteiger partial charge in [-0.15, -0.1) is 35.5 Å². The molecule has 5 nitrogen and oxygen atoms in total. The third-order valence-electron chi connectivity index (χ3n) is 4.86. The van der Waals surface area contributed by atoms with Gasteiger partial charge in [-0.25, -0.2) is 4.79 Å². The molecule has 0 radical (unpaired) electrons. The number of carbonyl (C=O) groups is 2. The minimum absolute atomic E-state index is 0. The predicted octanol–water partition coefficient (Wildman–Crippen LogP) is 5.09. The number of fused-ring (bicyclic) bond motifs is 1. The lowest BCUT2D eigenvalue weighted by Gasteiger charge is -2.30. The maximum Gasteiger partial charge on any atom is 0.341 e. The van der Waals surface area contributed by atoms with Gasteiger partial charge in [-0.1, -0.05) is 19.1 Å². The molecule has 0 saturated heterocycles. The Hall–Kier alpha value is -1.54. The third-order valence-corrected chi connectivity index (χ3v) is 6.95. The first-order valence-corrected chi connectivity index (χ1v) is 11.3. The molecule has 1 aliphatic heterocycles. The van der Waals surface area contributed by atoms with E-state index >= 15 is 0 Å². The smallest absolute Gasteiger partial charge is 0.341 e. The summed E-state index contributed by atoms with van der Waals surface area (Å²) in [6.07, 6.45) is 0.784. The topological polar surface area (TPSA) is 58.6 Å². The van der Waals surface area contributed by atoms with Crippen LogP contribution in [0.25, 0.3) is 0 Å². The average molecular weight is 455 g/mol. The standard InChI is InChI=1S/C21H26N2O3S2.ClH/c1-5-27-16-9-7-6-8-15(16)19(24)22-20-18(21(25)26-4)14-10-11-23(13(2)3)12-17(14)28-20;/h6-9,13H,5,10-12H2,1-4H3,(H,22,24);1H. The van der Waals surface area contributed by atoms with Gasteiger partial charge in [0.05, 0.1) is 18.2 Å². The van der Waals surface area contributed by atoms with Crippen LogP contribution in [0.3, 0.4) is 0 Å². The van der Waals surface area contributed by atoms with Gasteiger partial charge < -0.3 is 10.1 Å². The van der Waals surface area contributed by atoms with Crippen LogP contribution < -0.4 is 5.32 Å². The zero-order valence-corrected chi connectivity index (χ0v) is 19.6. The molecule has 0 spiro atoms. The lowest BCUT2D eigenvalue weighted by atomic mass is 10.0. The molecule has 0 saturated carbocycles. The zero-order valence-electron chi connectivity index (χ0n) is 17.1. The fraction of sp³-hybridized carbons (Fsp3) is 0.429. The molecule has 1 N–H and O–H groups in total. The lowest BCUT2D eigenvalue weighted by Crippen LogP contribution is -2.35. The van der Waals surface area contributed by atoms with Crippen molar-refractivity contribution in [3.05, 3.63) is 45.8 Å². The molecule has 1 aliphatic rings. The molecule has 0 aliphatic carbocycles. The van der Waals surface area contributed by atoms with Crippen LogP contribution in [0.4, 0.5) is 5.00 Å². The highest BCUT2D eigenvalue weighted by Crippen LogP contribution is 2.38. The van der Waals surface area contributed by atoms with Crippen LogP contribution in [0.2, 0.25) is 0 Å². The number of hydrogen-bond acceptors (Lipinski definition) is 6. The number of ether oxygens (including phenoxy) is 1. The van der Waals surface area contributed by atoms with Gasteiger partial charge in [0.15, 0.2) is 0 Å². The molecule has 8 heteroatoms. The SMILES string of the molecule is CCSc1ccccc1C(=O)Nc1sc2c(c1C(=O)OC)CCN(C(C)C)C2.Cl. The Morgan fingerprint density at radius 1 is 1.31 bits per heavy atom. The fourth-order valence-electron chi connectivity index (χ4n) is 3.38. The number of rotatable bonds is 6. The van der Waals surface area contributed by atoms with Crippen molar-refractivity contribution in [1.29, 1.82) is 0 Å². The second kappa shape index (κ2) is 10.5. The Morgan fingerprint density at radius 2 is 2.03 bits per heavy atom. The number of thiophene rings is 1. The van der Waals surface area contributed by atoms with E-state index in [1.807, 2.05) is 24.3 Å². The van der Waals surface area contributed by atoms with Crippen LogP contribution in [-0.4, -0.2) is 42.2 Å². The van der Waals surface area contributed by atoms with E-state index in [9.17, 15) is 9.59 Å². The molecule has 1 aromatic carbocycles. The van der Waals surface area contributed by atoms with Crippen LogP contribution in [0.5, 0.6) is 0 Å². The van der Waals surface area contributed by atoms with Gasteiger partial charge in [0.2, 0.25) is 0 Å². The normalized spacial score (nSPS) is 13.6. The van der Waals surface area contributed by atoms with E-state index in [-0.39, 0.29) is 24.3 Å². The van der Waals surface area contributed by atoms with E-state index in [1.54, 1.807) is 11.8 Å².